The van der Waals surface area contributed by atoms with Gasteiger partial charge in [-0.05, 0) is 32.6 Å². The highest BCUT2D eigenvalue weighted by Gasteiger charge is 2.46. The lowest BCUT2D eigenvalue weighted by Crippen LogP contribution is -2.52. The maximum atomic E-state index is 12.6. The van der Waals surface area contributed by atoms with E-state index in [4.69, 9.17) is 9.47 Å². The van der Waals surface area contributed by atoms with Crippen molar-refractivity contribution in [1.29, 1.82) is 0 Å². The molecule has 0 bridgehead atoms. The summed E-state index contributed by atoms with van der Waals surface area (Å²) in [6.45, 7) is 6.79. The number of ether oxygens (including phenoxy) is 2. The Bertz CT molecular complexity index is 372. The molecule has 1 spiro atoms. The maximum absolute atomic E-state index is 12.6. The largest absolute Gasteiger partial charge is 0.350 e. The number of Topliss-reactive ketones (excluding diaryl/α,β-unsaturated/α-hetero) is 1. The summed E-state index contributed by atoms with van der Waals surface area (Å²) in [7, 11) is 0. The van der Waals surface area contributed by atoms with Gasteiger partial charge in [0.2, 0.25) is 0 Å². The summed E-state index contributed by atoms with van der Waals surface area (Å²) in [5.41, 5.74) is -0.421. The van der Waals surface area contributed by atoms with Crippen LogP contribution in [-0.2, 0) is 14.3 Å². The van der Waals surface area contributed by atoms with E-state index in [2.05, 4.69) is 6.08 Å². The van der Waals surface area contributed by atoms with E-state index in [-0.39, 0.29) is 6.10 Å². The molecule has 0 aromatic carbocycles. The summed E-state index contributed by atoms with van der Waals surface area (Å²) in [6.07, 6.45) is 11.9. The Labute approximate surface area is 129 Å². The van der Waals surface area contributed by atoms with Crippen molar-refractivity contribution < 1.29 is 14.3 Å². The van der Waals surface area contributed by atoms with Crippen molar-refractivity contribution in [2.75, 3.05) is 6.61 Å². The van der Waals surface area contributed by atoms with Crippen LogP contribution in [0.1, 0.15) is 72.1 Å². The van der Waals surface area contributed by atoms with E-state index < -0.39 is 11.2 Å². The molecule has 1 aliphatic heterocycles. The second-order valence-electron chi connectivity index (χ2n) is 6.97. The molecule has 0 aromatic heterocycles. The predicted molar refractivity (Wildman–Crippen MR) is 84.1 cm³/mol. The fourth-order valence-electron chi connectivity index (χ4n) is 3.45. The van der Waals surface area contributed by atoms with Crippen LogP contribution < -0.4 is 0 Å². The molecule has 2 aliphatic rings. The van der Waals surface area contributed by atoms with Crippen LogP contribution in [0.25, 0.3) is 0 Å². The van der Waals surface area contributed by atoms with Crippen LogP contribution in [0, 0.1) is 5.41 Å². The summed E-state index contributed by atoms with van der Waals surface area (Å²) in [5, 5.41) is 0. The topological polar surface area (TPSA) is 35.5 Å². The van der Waals surface area contributed by atoms with E-state index in [1.165, 1.54) is 19.3 Å². The highest BCUT2D eigenvalue weighted by Crippen LogP contribution is 2.42. The van der Waals surface area contributed by atoms with E-state index in [1.54, 1.807) is 0 Å². The van der Waals surface area contributed by atoms with Gasteiger partial charge in [-0.2, -0.15) is 0 Å². The maximum Gasteiger partial charge on any atom is 0.168 e. The van der Waals surface area contributed by atoms with E-state index in [1.807, 2.05) is 26.8 Å². The molecule has 2 fully saturated rings. The Morgan fingerprint density at radius 1 is 1.29 bits per heavy atom. The van der Waals surface area contributed by atoms with Gasteiger partial charge in [0, 0.05) is 24.7 Å². The molecule has 1 atom stereocenters. The van der Waals surface area contributed by atoms with Crippen LogP contribution in [0.15, 0.2) is 12.2 Å². The Balaban J connectivity index is 1.99. The van der Waals surface area contributed by atoms with Crippen LogP contribution in [-0.4, -0.2) is 24.3 Å². The van der Waals surface area contributed by atoms with Crippen molar-refractivity contribution in [2.24, 2.45) is 5.41 Å². The third-order valence-electron chi connectivity index (χ3n) is 5.01. The highest BCUT2D eigenvalue weighted by atomic mass is 16.7. The molecular formula is C18H30O3. The molecule has 1 saturated heterocycles. The normalized spacial score (nSPS) is 26.3. The third-order valence-corrected chi connectivity index (χ3v) is 5.01. The Morgan fingerprint density at radius 2 is 2.00 bits per heavy atom. The first-order chi connectivity index (χ1) is 10.0. The Hall–Kier alpha value is -0.670. The SMILES string of the molecule is CC=CCCC(=O)C(C)(C)[C@@H]1CCOC2(CCCCC2)O1. The minimum Gasteiger partial charge on any atom is -0.350 e. The molecule has 0 unspecified atom stereocenters. The van der Waals surface area contributed by atoms with Gasteiger partial charge in [-0.15, -0.1) is 0 Å². The van der Waals surface area contributed by atoms with Crippen molar-refractivity contribution in [1.82, 2.24) is 0 Å². The lowest BCUT2D eigenvalue weighted by molar-refractivity contribution is -0.318. The van der Waals surface area contributed by atoms with E-state index in [0.29, 0.717) is 12.2 Å². The van der Waals surface area contributed by atoms with Crippen LogP contribution in [0.5, 0.6) is 0 Å². The average Bonchev–Trinajstić information content (AvgIpc) is 2.48. The second kappa shape index (κ2) is 7.06. The zero-order valence-electron chi connectivity index (χ0n) is 13.8. The average molecular weight is 294 g/mol. The van der Waals surface area contributed by atoms with Crippen LogP contribution in [0.2, 0.25) is 0 Å². The van der Waals surface area contributed by atoms with E-state index >= 15 is 0 Å². The highest BCUT2D eigenvalue weighted by molar-refractivity contribution is 5.84. The lowest BCUT2D eigenvalue weighted by atomic mass is 9.78. The van der Waals surface area contributed by atoms with Gasteiger partial charge in [-0.3, -0.25) is 4.79 Å². The molecule has 1 aliphatic carbocycles. The number of carbonyl (C=O) groups excluding carboxylic acids is 1. The van der Waals surface area contributed by atoms with Gasteiger partial charge in [0.25, 0.3) is 0 Å². The van der Waals surface area contributed by atoms with Gasteiger partial charge >= 0.3 is 0 Å². The number of hydrogen-bond acceptors (Lipinski definition) is 3. The quantitative estimate of drug-likeness (QED) is 0.705. The Kier molecular flexibility index (Phi) is 5.61. The number of hydrogen-bond donors (Lipinski definition) is 0. The second-order valence-corrected chi connectivity index (χ2v) is 6.97. The standard InChI is InChI=1S/C18H30O3/c1-4-5-7-10-15(19)17(2,3)16-11-14-20-18(21-16)12-8-6-9-13-18/h4-5,16H,6-14H2,1-3H3/t16-/m0/s1. The third kappa shape index (κ3) is 3.95. The molecule has 21 heavy (non-hydrogen) atoms. The summed E-state index contributed by atoms with van der Waals surface area (Å²) < 4.78 is 12.3. The van der Waals surface area contributed by atoms with Gasteiger partial charge in [0.1, 0.15) is 5.78 Å². The first-order valence-corrected chi connectivity index (χ1v) is 8.46. The molecule has 0 amide bonds. The number of allylic oxidation sites excluding steroid dienone is 2. The van der Waals surface area contributed by atoms with Crippen molar-refractivity contribution in [3.8, 4) is 0 Å². The van der Waals surface area contributed by atoms with Crippen LogP contribution >= 0.6 is 0 Å². The van der Waals surface area contributed by atoms with Gasteiger partial charge in [-0.25, -0.2) is 0 Å². The number of rotatable bonds is 5. The summed E-state index contributed by atoms with van der Waals surface area (Å²) in [6, 6.07) is 0. The molecule has 0 N–H and O–H groups in total. The zero-order chi connectivity index (χ0) is 15.3. The van der Waals surface area contributed by atoms with Crippen molar-refractivity contribution in [3.05, 3.63) is 12.2 Å². The first kappa shape index (κ1) is 16.7. The van der Waals surface area contributed by atoms with Gasteiger partial charge in [0.15, 0.2) is 5.79 Å². The van der Waals surface area contributed by atoms with E-state index in [9.17, 15) is 4.79 Å². The minimum absolute atomic E-state index is 0.0116. The van der Waals surface area contributed by atoms with Crippen molar-refractivity contribution >= 4 is 5.78 Å². The van der Waals surface area contributed by atoms with Crippen LogP contribution in [0.4, 0.5) is 0 Å². The molecule has 1 saturated carbocycles. The number of carbonyl (C=O) groups is 1. The summed E-state index contributed by atoms with van der Waals surface area (Å²) in [4.78, 5) is 12.6. The molecular weight excluding hydrogens is 264 g/mol. The monoisotopic (exact) mass is 294 g/mol. The van der Waals surface area contributed by atoms with Gasteiger partial charge < -0.3 is 9.47 Å². The fraction of sp³-hybridized carbons (Fsp3) is 0.833. The van der Waals surface area contributed by atoms with E-state index in [0.717, 1.165) is 32.3 Å². The lowest BCUT2D eigenvalue weighted by Gasteiger charge is -2.47. The molecule has 120 valence electrons. The Morgan fingerprint density at radius 3 is 2.67 bits per heavy atom. The van der Waals surface area contributed by atoms with Crippen LogP contribution in [0.3, 0.4) is 0 Å². The van der Waals surface area contributed by atoms with Gasteiger partial charge in [0.05, 0.1) is 12.7 Å². The minimum atomic E-state index is -0.421. The molecule has 3 nitrogen and oxygen atoms in total. The van der Waals surface area contributed by atoms with Crippen molar-refractivity contribution in [3.63, 3.8) is 0 Å². The van der Waals surface area contributed by atoms with Gasteiger partial charge in [-0.1, -0.05) is 32.4 Å². The molecule has 0 radical (unpaired) electrons. The number of ketones is 1. The first-order valence-electron chi connectivity index (χ1n) is 8.46. The zero-order valence-corrected chi connectivity index (χ0v) is 13.8. The predicted octanol–water partition coefficient (Wildman–Crippen LogP) is 4.40. The fourth-order valence-corrected chi connectivity index (χ4v) is 3.45. The van der Waals surface area contributed by atoms with Crippen molar-refractivity contribution in [2.45, 2.75) is 84.0 Å². The molecule has 0 aromatic rings. The smallest absolute Gasteiger partial charge is 0.168 e. The summed E-state index contributed by atoms with van der Waals surface area (Å²) >= 11 is 0. The summed E-state index contributed by atoms with van der Waals surface area (Å²) in [5.74, 6) is -0.0966. The molecule has 2 rings (SSSR count). The molecule has 1 heterocycles. The molecule has 3 heteroatoms.